The van der Waals surface area contributed by atoms with Gasteiger partial charge in [-0.1, -0.05) is 121 Å². The maximum absolute atomic E-state index is 5.80. The molecule has 6 heteroatoms. The van der Waals surface area contributed by atoms with Gasteiger partial charge in [-0.05, 0) is 50.9 Å². The Morgan fingerprint density at radius 1 is 0.432 bits per heavy atom. The van der Waals surface area contributed by atoms with Crippen LogP contribution in [0, 0.1) is 13.8 Å². The molecule has 0 bridgehead atoms. The first-order valence-corrected chi connectivity index (χ1v) is 17.2. The van der Waals surface area contributed by atoms with Crippen LogP contribution in [0.15, 0.2) is 133 Å². The van der Waals surface area contributed by atoms with Gasteiger partial charge in [0.05, 0.1) is 14.2 Å². The van der Waals surface area contributed by atoms with Crippen LogP contribution in [-0.4, -0.2) is 24.2 Å². The maximum Gasteiger partial charge on any atom is 0.213 e. The second-order valence-electron chi connectivity index (χ2n) is 10.3. The summed E-state index contributed by atoms with van der Waals surface area (Å²) in [6.45, 7) is 4.18. The average Bonchev–Trinajstić information content (AvgIpc) is 3.07. The number of aromatic nitrogens is 2. The molecule has 0 fully saturated rings. The van der Waals surface area contributed by atoms with Crippen molar-refractivity contribution >= 4 is 47.7 Å². The van der Waals surface area contributed by atoms with E-state index in [2.05, 4.69) is 147 Å². The lowest BCUT2D eigenvalue weighted by atomic mass is 10.0. The van der Waals surface area contributed by atoms with Crippen LogP contribution in [0.3, 0.4) is 0 Å². The summed E-state index contributed by atoms with van der Waals surface area (Å²) < 4.78 is 11.6. The normalized spacial score (nSPS) is 11.1. The monoisotopic (exact) mass is 612 g/mol. The zero-order valence-electron chi connectivity index (χ0n) is 25.3. The van der Waals surface area contributed by atoms with E-state index in [1.54, 1.807) is 14.2 Å². The lowest BCUT2D eigenvalue weighted by Gasteiger charge is -2.28. The van der Waals surface area contributed by atoms with Crippen molar-refractivity contribution < 1.29 is 9.47 Å². The van der Waals surface area contributed by atoms with Gasteiger partial charge in [-0.2, -0.15) is 0 Å². The number of rotatable bonds is 9. The van der Waals surface area contributed by atoms with Crippen LogP contribution in [0.25, 0.3) is 11.1 Å². The number of aryl methyl sites for hydroxylation is 2. The van der Waals surface area contributed by atoms with E-state index in [4.69, 9.17) is 19.4 Å². The van der Waals surface area contributed by atoms with Crippen LogP contribution in [-0.2, 0) is 0 Å². The third kappa shape index (κ3) is 6.02. The van der Waals surface area contributed by atoms with Crippen molar-refractivity contribution in [2.75, 3.05) is 14.2 Å². The molecule has 0 saturated carbocycles. The molecule has 6 rings (SSSR count). The molecule has 0 saturated heterocycles. The lowest BCUT2D eigenvalue weighted by molar-refractivity contribution is 0.397. The molecule has 0 aliphatic heterocycles. The summed E-state index contributed by atoms with van der Waals surface area (Å²) in [5.41, 5.74) is 4.02. The van der Waals surface area contributed by atoms with Crippen molar-refractivity contribution in [3.05, 3.63) is 145 Å². The second kappa shape index (κ2) is 13.5. The minimum Gasteiger partial charge on any atom is -0.481 e. The van der Waals surface area contributed by atoms with E-state index in [0.717, 1.165) is 22.5 Å². The van der Waals surface area contributed by atoms with Crippen molar-refractivity contribution in [3.63, 3.8) is 0 Å². The maximum atomic E-state index is 5.80. The van der Waals surface area contributed by atoms with Crippen LogP contribution < -0.4 is 41.3 Å². The van der Waals surface area contributed by atoms with Gasteiger partial charge in [0.25, 0.3) is 0 Å². The van der Waals surface area contributed by atoms with Gasteiger partial charge >= 0.3 is 0 Å². The van der Waals surface area contributed by atoms with E-state index in [9.17, 15) is 0 Å². The fourth-order valence-electron chi connectivity index (χ4n) is 5.60. The lowest BCUT2D eigenvalue weighted by Crippen LogP contribution is -2.28. The summed E-state index contributed by atoms with van der Waals surface area (Å²) in [7, 11) is 1.45. The van der Waals surface area contributed by atoms with Gasteiger partial charge in [0.2, 0.25) is 11.8 Å². The Labute approximate surface area is 262 Å². The molecule has 2 aromatic heterocycles. The van der Waals surface area contributed by atoms with Crippen molar-refractivity contribution in [2.24, 2.45) is 0 Å². The molecule has 0 spiro atoms. The molecule has 0 aliphatic carbocycles. The Balaban J connectivity index is 1.72. The van der Waals surface area contributed by atoms with E-state index >= 15 is 0 Å². The van der Waals surface area contributed by atoms with Gasteiger partial charge in [-0.15, -0.1) is 0 Å². The number of hydrogen-bond donors (Lipinski definition) is 0. The zero-order valence-corrected chi connectivity index (χ0v) is 27.1. The highest BCUT2D eigenvalue weighted by atomic mass is 31.1. The Bertz CT molecular complexity index is 1630. The number of methoxy groups -OCH3 is 2. The highest BCUT2D eigenvalue weighted by Gasteiger charge is 2.30. The minimum absolute atomic E-state index is 0.606. The Morgan fingerprint density at radius 3 is 0.955 bits per heavy atom. The summed E-state index contributed by atoms with van der Waals surface area (Å²) >= 11 is 0. The summed E-state index contributed by atoms with van der Waals surface area (Å²) in [6, 6.07) is 47.3. The van der Waals surface area contributed by atoms with Gasteiger partial charge in [0.15, 0.2) is 0 Å². The van der Waals surface area contributed by atoms with Gasteiger partial charge in [-0.25, -0.2) is 9.97 Å². The smallest absolute Gasteiger partial charge is 0.213 e. The van der Waals surface area contributed by atoms with E-state index in [0.29, 0.717) is 11.8 Å². The van der Waals surface area contributed by atoms with Gasteiger partial charge in [0, 0.05) is 45.3 Å². The number of hydrogen-bond acceptors (Lipinski definition) is 4. The quantitative estimate of drug-likeness (QED) is 0.180. The molecule has 0 unspecified atom stereocenters. The number of benzene rings is 4. The van der Waals surface area contributed by atoms with E-state index in [1.807, 2.05) is 0 Å². The van der Waals surface area contributed by atoms with E-state index in [-0.39, 0.29) is 0 Å². The molecule has 4 aromatic carbocycles. The van der Waals surface area contributed by atoms with Crippen LogP contribution in [0.5, 0.6) is 11.8 Å². The fourth-order valence-corrected chi connectivity index (χ4v) is 10.7. The van der Waals surface area contributed by atoms with Gasteiger partial charge in [0.1, 0.15) is 0 Å². The number of pyridine rings is 2. The minimum atomic E-state index is -0.964. The van der Waals surface area contributed by atoms with E-state index in [1.165, 1.54) is 31.8 Å². The summed E-state index contributed by atoms with van der Waals surface area (Å²) in [5.74, 6) is 1.21. The summed E-state index contributed by atoms with van der Waals surface area (Å²) in [5, 5.41) is 7.42. The highest BCUT2D eigenvalue weighted by Crippen LogP contribution is 2.44. The SMILES string of the molecule is COc1cc(P(c2ccccc2)c2ccccc2)c(-c2c(P(c3ccccc3)c3ccccc3)cc(OC)nc2C)c(C)n1. The van der Waals surface area contributed by atoms with Crippen LogP contribution in [0.4, 0.5) is 0 Å². The molecule has 2 heterocycles. The third-order valence-electron chi connectivity index (χ3n) is 7.52. The molecular weight excluding hydrogens is 578 g/mol. The Hall–Kier alpha value is -4.36. The second-order valence-corrected chi connectivity index (χ2v) is 14.7. The van der Waals surface area contributed by atoms with Gasteiger partial charge in [-0.3, -0.25) is 0 Å². The zero-order chi connectivity index (χ0) is 30.5. The Morgan fingerprint density at radius 2 is 0.705 bits per heavy atom. The van der Waals surface area contributed by atoms with Gasteiger partial charge < -0.3 is 9.47 Å². The molecule has 0 amide bonds. The standard InChI is InChI=1S/C38H34N2O2P2/c1-27-37(33(25-35(39-27)41-3)43(29-17-9-5-10-18-29)30-19-11-6-12-20-30)38-28(2)40-36(42-4)26-34(38)44(31-21-13-7-14-22-31)32-23-15-8-16-24-32/h5-26H,1-4H3. The van der Waals surface area contributed by atoms with Crippen molar-refractivity contribution in [1.29, 1.82) is 0 Å². The molecule has 4 nitrogen and oxygen atoms in total. The Kier molecular flexibility index (Phi) is 9.12. The molecule has 0 atom stereocenters. The highest BCUT2D eigenvalue weighted by molar-refractivity contribution is 7.80. The third-order valence-corrected chi connectivity index (χ3v) is 12.4. The summed E-state index contributed by atoms with van der Waals surface area (Å²) in [6.07, 6.45) is 0. The molecule has 44 heavy (non-hydrogen) atoms. The summed E-state index contributed by atoms with van der Waals surface area (Å²) in [4.78, 5) is 9.93. The molecule has 0 N–H and O–H groups in total. The average molecular weight is 613 g/mol. The van der Waals surface area contributed by atoms with E-state index < -0.39 is 15.8 Å². The first-order valence-electron chi connectivity index (χ1n) is 14.5. The van der Waals surface area contributed by atoms with Crippen LogP contribution >= 0.6 is 15.8 Å². The number of ether oxygens (including phenoxy) is 2. The molecule has 6 aromatic rings. The molecule has 218 valence electrons. The van der Waals surface area contributed by atoms with Crippen molar-refractivity contribution in [2.45, 2.75) is 13.8 Å². The van der Waals surface area contributed by atoms with Crippen LogP contribution in [0.2, 0.25) is 0 Å². The first kappa shape index (κ1) is 29.7. The largest absolute Gasteiger partial charge is 0.481 e. The predicted molar refractivity (Wildman–Crippen MR) is 187 cm³/mol. The van der Waals surface area contributed by atoms with Crippen LogP contribution in [0.1, 0.15) is 11.4 Å². The molecule has 0 aliphatic rings. The topological polar surface area (TPSA) is 44.2 Å². The van der Waals surface area contributed by atoms with Crippen molar-refractivity contribution in [3.8, 4) is 22.9 Å². The predicted octanol–water partition coefficient (Wildman–Crippen LogP) is 6.29. The first-order chi connectivity index (χ1) is 21.6. The van der Waals surface area contributed by atoms with Crippen molar-refractivity contribution in [1.82, 2.24) is 9.97 Å². The fraction of sp³-hybridized carbons (Fsp3) is 0.105. The number of nitrogens with zero attached hydrogens (tertiary/aromatic N) is 2. The molecule has 0 radical (unpaired) electrons. The molecular formula is C38H34N2O2P2.